The van der Waals surface area contributed by atoms with Gasteiger partial charge in [0.1, 0.15) is 0 Å². The fourth-order valence-electron chi connectivity index (χ4n) is 1.58. The van der Waals surface area contributed by atoms with E-state index in [2.05, 4.69) is 10.6 Å². The smallest absolute Gasteiger partial charge is 0.216 e. The van der Waals surface area contributed by atoms with Crippen molar-refractivity contribution in [1.29, 1.82) is 0 Å². The Balaban J connectivity index is 2.25. The summed E-state index contributed by atoms with van der Waals surface area (Å²) in [6.07, 6.45) is 0.0138. The number of benzene rings is 1. The Morgan fingerprint density at radius 3 is 2.63 bits per heavy atom. The van der Waals surface area contributed by atoms with Gasteiger partial charge in [-0.15, -0.1) is 0 Å². The van der Waals surface area contributed by atoms with Crippen molar-refractivity contribution in [1.82, 2.24) is 10.6 Å². The van der Waals surface area contributed by atoms with Gasteiger partial charge in [0.05, 0.1) is 6.10 Å². The molecular formula is C13H20N2O4. The van der Waals surface area contributed by atoms with Gasteiger partial charge in [-0.25, -0.2) is 0 Å². The first-order chi connectivity index (χ1) is 9.00. The van der Waals surface area contributed by atoms with Crippen LogP contribution < -0.4 is 10.6 Å². The first-order valence-corrected chi connectivity index (χ1v) is 6.16. The molecule has 1 amide bonds. The van der Waals surface area contributed by atoms with E-state index in [-0.39, 0.29) is 17.4 Å². The highest BCUT2D eigenvalue weighted by Gasteiger charge is 2.09. The van der Waals surface area contributed by atoms with Gasteiger partial charge in [-0.3, -0.25) is 4.79 Å². The molecule has 6 nitrogen and oxygen atoms in total. The van der Waals surface area contributed by atoms with Gasteiger partial charge in [-0.2, -0.15) is 0 Å². The van der Waals surface area contributed by atoms with Gasteiger partial charge >= 0.3 is 0 Å². The quantitative estimate of drug-likeness (QED) is 0.360. The van der Waals surface area contributed by atoms with Crippen molar-refractivity contribution < 1.29 is 20.1 Å². The summed E-state index contributed by atoms with van der Waals surface area (Å²) in [6, 6.07) is 4.22. The summed E-state index contributed by atoms with van der Waals surface area (Å²) in [5.74, 6) is -0.513. The molecule has 5 N–H and O–H groups in total. The maximum absolute atomic E-state index is 10.6. The van der Waals surface area contributed by atoms with Gasteiger partial charge in [0, 0.05) is 20.0 Å². The molecule has 1 aromatic carbocycles. The van der Waals surface area contributed by atoms with E-state index in [1.807, 2.05) is 0 Å². The highest BCUT2D eigenvalue weighted by Crippen LogP contribution is 2.27. The number of aromatic hydroxyl groups is 2. The first-order valence-electron chi connectivity index (χ1n) is 6.16. The van der Waals surface area contributed by atoms with Crippen molar-refractivity contribution in [3.63, 3.8) is 0 Å². The minimum absolute atomic E-state index is 0.0559. The minimum Gasteiger partial charge on any atom is -0.504 e. The number of amides is 1. The summed E-state index contributed by atoms with van der Waals surface area (Å²) in [6.45, 7) is 3.07. The van der Waals surface area contributed by atoms with E-state index in [4.69, 9.17) is 5.11 Å². The van der Waals surface area contributed by atoms with Crippen molar-refractivity contribution in [3.8, 4) is 11.5 Å². The Morgan fingerprint density at radius 2 is 2.00 bits per heavy atom. The number of aliphatic hydroxyl groups excluding tert-OH is 1. The van der Waals surface area contributed by atoms with Gasteiger partial charge in [0.15, 0.2) is 11.5 Å². The number of phenols is 2. The predicted octanol–water partition coefficient (Wildman–Crippen LogP) is 0.247. The molecule has 0 spiro atoms. The third-order valence-electron chi connectivity index (χ3n) is 2.63. The van der Waals surface area contributed by atoms with Crippen LogP contribution in [0.2, 0.25) is 0 Å². The number of hydrogen-bond acceptors (Lipinski definition) is 5. The van der Waals surface area contributed by atoms with Crippen molar-refractivity contribution in [2.24, 2.45) is 0 Å². The lowest BCUT2D eigenvalue weighted by atomic mass is 10.1. The van der Waals surface area contributed by atoms with Crippen LogP contribution in [0.15, 0.2) is 18.2 Å². The lowest BCUT2D eigenvalue weighted by Gasteiger charge is -2.13. The Hall–Kier alpha value is -1.79. The first kappa shape index (κ1) is 15.3. The fourth-order valence-corrected chi connectivity index (χ4v) is 1.58. The number of aliphatic hydroxyl groups is 1. The van der Waals surface area contributed by atoms with Crippen LogP contribution in [0.4, 0.5) is 0 Å². The molecule has 0 aliphatic rings. The maximum atomic E-state index is 10.6. The van der Waals surface area contributed by atoms with E-state index in [9.17, 15) is 15.0 Å². The molecule has 0 aromatic heterocycles. The second-order valence-corrected chi connectivity index (χ2v) is 4.30. The zero-order chi connectivity index (χ0) is 14.3. The fraction of sp³-hybridized carbons (Fsp3) is 0.462. The van der Waals surface area contributed by atoms with Crippen molar-refractivity contribution in [3.05, 3.63) is 23.8 Å². The third kappa shape index (κ3) is 5.58. The Morgan fingerprint density at radius 1 is 1.26 bits per heavy atom. The second-order valence-electron chi connectivity index (χ2n) is 4.30. The molecule has 1 atom stereocenters. The van der Waals surface area contributed by atoms with E-state index in [0.29, 0.717) is 25.2 Å². The van der Waals surface area contributed by atoms with E-state index in [1.165, 1.54) is 19.1 Å². The van der Waals surface area contributed by atoms with E-state index in [1.54, 1.807) is 6.07 Å². The monoisotopic (exact) mass is 268 g/mol. The molecule has 19 heavy (non-hydrogen) atoms. The lowest BCUT2D eigenvalue weighted by molar-refractivity contribution is -0.118. The number of rotatable bonds is 7. The van der Waals surface area contributed by atoms with Crippen LogP contribution in [0.5, 0.6) is 11.5 Å². The predicted molar refractivity (Wildman–Crippen MR) is 70.9 cm³/mol. The molecule has 1 rings (SSSR count). The molecule has 0 radical (unpaired) electrons. The van der Waals surface area contributed by atoms with Crippen molar-refractivity contribution in [2.45, 2.75) is 19.4 Å². The standard InChI is InChI=1S/C13H20N2O4/c1-9(16)15-6-2-5-14-8-13(19)10-3-4-11(17)12(18)7-10/h3-4,7,13-14,17-19H,2,5-6,8H2,1H3,(H,15,16)/t13-/m1/s1. The zero-order valence-corrected chi connectivity index (χ0v) is 10.9. The minimum atomic E-state index is -0.757. The molecule has 0 aliphatic heterocycles. The second kappa shape index (κ2) is 7.60. The summed E-state index contributed by atoms with van der Waals surface area (Å²) in [4.78, 5) is 10.6. The SMILES string of the molecule is CC(=O)NCCCNC[C@@H](O)c1ccc(O)c(O)c1. The van der Waals surface area contributed by atoms with Gasteiger partial charge in [-0.05, 0) is 30.7 Å². The average Bonchev–Trinajstić information content (AvgIpc) is 2.36. The van der Waals surface area contributed by atoms with Crippen LogP contribution in [0.25, 0.3) is 0 Å². The van der Waals surface area contributed by atoms with Crippen LogP contribution in [0, 0.1) is 0 Å². The molecule has 106 valence electrons. The average molecular weight is 268 g/mol. The van der Waals surface area contributed by atoms with Crippen LogP contribution in [-0.2, 0) is 4.79 Å². The van der Waals surface area contributed by atoms with E-state index >= 15 is 0 Å². The van der Waals surface area contributed by atoms with Crippen molar-refractivity contribution in [2.75, 3.05) is 19.6 Å². The number of nitrogens with one attached hydrogen (secondary N) is 2. The van der Waals surface area contributed by atoms with Crippen LogP contribution in [0.3, 0.4) is 0 Å². The van der Waals surface area contributed by atoms with Gasteiger partial charge in [-0.1, -0.05) is 6.07 Å². The van der Waals surface area contributed by atoms with Crippen LogP contribution >= 0.6 is 0 Å². The van der Waals surface area contributed by atoms with Crippen LogP contribution in [-0.4, -0.2) is 40.9 Å². The summed E-state index contributed by atoms with van der Waals surface area (Å²) in [5.41, 5.74) is 0.532. The Bertz CT molecular complexity index is 423. The van der Waals surface area contributed by atoms with Gasteiger partial charge in [0.25, 0.3) is 0 Å². The number of carbonyl (C=O) groups is 1. The summed E-state index contributed by atoms with van der Waals surface area (Å²) < 4.78 is 0. The summed E-state index contributed by atoms with van der Waals surface area (Å²) >= 11 is 0. The molecule has 0 saturated carbocycles. The largest absolute Gasteiger partial charge is 0.504 e. The van der Waals surface area contributed by atoms with Crippen LogP contribution in [0.1, 0.15) is 25.0 Å². The number of phenolic OH excluding ortho intramolecular Hbond substituents is 2. The maximum Gasteiger partial charge on any atom is 0.216 e. The molecule has 6 heteroatoms. The molecule has 0 bridgehead atoms. The number of hydrogen-bond donors (Lipinski definition) is 5. The molecule has 1 aromatic rings. The lowest BCUT2D eigenvalue weighted by Crippen LogP contribution is -2.27. The summed E-state index contributed by atoms with van der Waals surface area (Å²) in [5, 5.41) is 34.1. The summed E-state index contributed by atoms with van der Waals surface area (Å²) in [7, 11) is 0. The molecule has 0 fully saturated rings. The normalized spacial score (nSPS) is 12.1. The Labute approximate surface area is 112 Å². The topological polar surface area (TPSA) is 102 Å². The van der Waals surface area contributed by atoms with Gasteiger partial charge < -0.3 is 26.0 Å². The molecule has 0 unspecified atom stereocenters. The van der Waals surface area contributed by atoms with E-state index in [0.717, 1.165) is 6.42 Å². The van der Waals surface area contributed by atoms with Gasteiger partial charge in [0.2, 0.25) is 5.91 Å². The Kier molecular flexibility index (Phi) is 6.11. The highest BCUT2D eigenvalue weighted by atomic mass is 16.3. The molecule has 0 heterocycles. The highest BCUT2D eigenvalue weighted by molar-refractivity contribution is 5.72. The van der Waals surface area contributed by atoms with E-state index < -0.39 is 6.10 Å². The zero-order valence-electron chi connectivity index (χ0n) is 10.9. The van der Waals surface area contributed by atoms with Crippen molar-refractivity contribution >= 4 is 5.91 Å². The third-order valence-corrected chi connectivity index (χ3v) is 2.63. The molecular weight excluding hydrogens is 248 g/mol. The molecule has 0 aliphatic carbocycles. The number of carbonyl (C=O) groups excluding carboxylic acids is 1. The molecule has 0 saturated heterocycles.